The topological polar surface area (TPSA) is 96.5 Å². The van der Waals surface area contributed by atoms with Crippen LogP contribution in [0, 0.1) is 5.92 Å². The second kappa shape index (κ2) is 7.72. The van der Waals surface area contributed by atoms with Crippen molar-refractivity contribution >= 4 is 32.6 Å². The van der Waals surface area contributed by atoms with Gasteiger partial charge in [0.1, 0.15) is 0 Å². The summed E-state index contributed by atoms with van der Waals surface area (Å²) in [7, 11) is -3.11. The van der Waals surface area contributed by atoms with Gasteiger partial charge in [-0.15, -0.1) is 0 Å². The summed E-state index contributed by atoms with van der Waals surface area (Å²) in [5.41, 5.74) is 1.19. The van der Waals surface area contributed by atoms with E-state index in [9.17, 15) is 18.0 Å². The summed E-state index contributed by atoms with van der Waals surface area (Å²) in [6.45, 7) is 3.95. The smallest absolute Gasteiger partial charge is 0.340 e. The Labute approximate surface area is 158 Å². The third-order valence-corrected chi connectivity index (χ3v) is 6.42. The highest BCUT2D eigenvalue weighted by Gasteiger charge is 2.35. The number of carbonyl (C=O) groups is 2. The van der Waals surface area contributed by atoms with Crippen molar-refractivity contribution in [2.24, 2.45) is 5.92 Å². The van der Waals surface area contributed by atoms with E-state index >= 15 is 0 Å². The molecule has 1 aliphatic rings. The number of aromatic amines is 1. The van der Waals surface area contributed by atoms with Crippen LogP contribution in [0.3, 0.4) is 0 Å². The highest BCUT2D eigenvalue weighted by molar-refractivity contribution is 7.91. The lowest BCUT2D eigenvalue weighted by molar-refractivity contribution is -0.137. The van der Waals surface area contributed by atoms with Gasteiger partial charge in [0.15, 0.2) is 16.4 Å². The SMILES string of the molecule is CC(C)CN(C(=O)COC(=O)c1c[nH]c2ccccc12)[C@H]1CCS(=O)(=O)C1. The van der Waals surface area contributed by atoms with Crippen LogP contribution >= 0.6 is 0 Å². The average Bonchev–Trinajstić information content (AvgIpc) is 3.20. The number of hydrogen-bond donors (Lipinski definition) is 1. The summed E-state index contributed by atoms with van der Waals surface area (Å²) in [5.74, 6) is -0.693. The van der Waals surface area contributed by atoms with Crippen molar-refractivity contribution in [1.29, 1.82) is 0 Å². The minimum Gasteiger partial charge on any atom is -0.452 e. The number of sulfone groups is 1. The van der Waals surface area contributed by atoms with Gasteiger partial charge in [0.25, 0.3) is 5.91 Å². The standard InChI is InChI=1S/C19H24N2O5S/c1-13(2)10-21(14-7-8-27(24,25)12-14)18(22)11-26-19(23)16-9-20-17-6-4-3-5-15(16)17/h3-6,9,13-14,20H,7-8,10-12H2,1-2H3/t14-/m0/s1. The molecule has 1 fully saturated rings. The molecule has 0 bridgehead atoms. The fraction of sp³-hybridized carbons (Fsp3) is 0.474. The van der Waals surface area contributed by atoms with E-state index in [0.717, 1.165) is 10.9 Å². The van der Waals surface area contributed by atoms with Gasteiger partial charge in [0.2, 0.25) is 0 Å². The van der Waals surface area contributed by atoms with Crippen molar-refractivity contribution in [1.82, 2.24) is 9.88 Å². The predicted molar refractivity (Wildman–Crippen MR) is 102 cm³/mol. The number of aromatic nitrogens is 1. The Balaban J connectivity index is 1.67. The Morgan fingerprint density at radius 2 is 2.04 bits per heavy atom. The Morgan fingerprint density at radius 1 is 1.30 bits per heavy atom. The minimum absolute atomic E-state index is 0.0259. The number of H-pyrrole nitrogens is 1. The molecule has 1 saturated heterocycles. The second-order valence-corrected chi connectivity index (χ2v) is 9.55. The molecule has 8 heteroatoms. The van der Waals surface area contributed by atoms with E-state index in [1.165, 1.54) is 0 Å². The number of para-hydroxylation sites is 1. The largest absolute Gasteiger partial charge is 0.452 e. The van der Waals surface area contributed by atoms with E-state index in [-0.39, 0.29) is 29.4 Å². The highest BCUT2D eigenvalue weighted by Crippen LogP contribution is 2.21. The van der Waals surface area contributed by atoms with Crippen LogP contribution in [0.15, 0.2) is 30.5 Å². The van der Waals surface area contributed by atoms with Gasteiger partial charge >= 0.3 is 5.97 Å². The number of benzene rings is 1. The van der Waals surface area contributed by atoms with Gasteiger partial charge in [-0.3, -0.25) is 4.79 Å². The minimum atomic E-state index is -3.11. The quantitative estimate of drug-likeness (QED) is 0.759. The molecule has 1 atom stereocenters. The maximum absolute atomic E-state index is 12.7. The number of amides is 1. The number of fused-ring (bicyclic) bond motifs is 1. The monoisotopic (exact) mass is 392 g/mol. The van der Waals surface area contributed by atoms with Crippen molar-refractivity contribution in [2.75, 3.05) is 24.7 Å². The highest BCUT2D eigenvalue weighted by atomic mass is 32.2. The Bertz CT molecular complexity index is 948. The zero-order chi connectivity index (χ0) is 19.6. The van der Waals surface area contributed by atoms with Crippen molar-refractivity contribution in [3.8, 4) is 0 Å². The second-order valence-electron chi connectivity index (χ2n) is 7.32. The van der Waals surface area contributed by atoms with E-state index < -0.39 is 22.4 Å². The molecule has 0 radical (unpaired) electrons. The molecule has 0 spiro atoms. The molecule has 7 nitrogen and oxygen atoms in total. The van der Waals surface area contributed by atoms with Gasteiger partial charge in [-0.25, -0.2) is 13.2 Å². The number of nitrogens with one attached hydrogen (secondary N) is 1. The lowest BCUT2D eigenvalue weighted by atomic mass is 10.1. The number of ether oxygens (including phenoxy) is 1. The number of carbonyl (C=O) groups excluding carboxylic acids is 2. The van der Waals surface area contributed by atoms with Crippen LogP contribution in [0.2, 0.25) is 0 Å². The summed E-state index contributed by atoms with van der Waals surface area (Å²) in [4.78, 5) is 29.6. The maximum Gasteiger partial charge on any atom is 0.340 e. The zero-order valence-electron chi connectivity index (χ0n) is 15.5. The molecule has 1 aromatic carbocycles. The van der Waals surface area contributed by atoms with Gasteiger partial charge in [-0.2, -0.15) is 0 Å². The van der Waals surface area contributed by atoms with E-state index in [1.54, 1.807) is 17.2 Å². The van der Waals surface area contributed by atoms with Crippen LogP contribution in [0.4, 0.5) is 0 Å². The lowest BCUT2D eigenvalue weighted by Gasteiger charge is -2.29. The number of nitrogens with zero attached hydrogens (tertiary/aromatic N) is 1. The van der Waals surface area contributed by atoms with Gasteiger partial charge < -0.3 is 14.6 Å². The van der Waals surface area contributed by atoms with Crippen LogP contribution in [-0.4, -0.2) is 60.9 Å². The number of esters is 1. The first kappa shape index (κ1) is 19.4. The first-order valence-corrected chi connectivity index (χ1v) is 10.8. The van der Waals surface area contributed by atoms with E-state index in [2.05, 4.69) is 4.98 Å². The Morgan fingerprint density at radius 3 is 2.70 bits per heavy atom. The molecule has 1 aromatic heterocycles. The summed E-state index contributed by atoms with van der Waals surface area (Å²) >= 11 is 0. The summed E-state index contributed by atoms with van der Waals surface area (Å²) in [6, 6.07) is 6.98. The molecule has 1 aliphatic heterocycles. The molecule has 1 N–H and O–H groups in total. The molecule has 1 amide bonds. The third kappa shape index (κ3) is 4.50. The Kier molecular flexibility index (Phi) is 5.55. The molecule has 146 valence electrons. The first-order valence-electron chi connectivity index (χ1n) is 9.00. The van der Waals surface area contributed by atoms with Gasteiger partial charge in [-0.05, 0) is 18.4 Å². The van der Waals surface area contributed by atoms with Crippen LogP contribution in [0.1, 0.15) is 30.6 Å². The summed E-state index contributed by atoms with van der Waals surface area (Å²) in [5, 5.41) is 0.732. The van der Waals surface area contributed by atoms with Crippen molar-refractivity contribution in [2.45, 2.75) is 26.3 Å². The third-order valence-electron chi connectivity index (χ3n) is 4.67. The Hall–Kier alpha value is -2.35. The van der Waals surface area contributed by atoms with Gasteiger partial charge in [-0.1, -0.05) is 32.0 Å². The molecular formula is C19H24N2O5S. The maximum atomic E-state index is 12.7. The van der Waals surface area contributed by atoms with E-state index in [4.69, 9.17) is 4.74 Å². The molecule has 27 heavy (non-hydrogen) atoms. The van der Waals surface area contributed by atoms with Gasteiger partial charge in [0.05, 0.1) is 17.1 Å². The average molecular weight is 392 g/mol. The van der Waals surface area contributed by atoms with Crippen LogP contribution in [0.5, 0.6) is 0 Å². The molecule has 2 heterocycles. The predicted octanol–water partition coefficient (Wildman–Crippen LogP) is 2.00. The fourth-order valence-corrected chi connectivity index (χ4v) is 5.13. The summed E-state index contributed by atoms with van der Waals surface area (Å²) < 4.78 is 28.8. The number of rotatable bonds is 6. The molecule has 2 aromatic rings. The van der Waals surface area contributed by atoms with E-state index in [0.29, 0.717) is 18.5 Å². The molecule has 3 rings (SSSR count). The molecular weight excluding hydrogens is 368 g/mol. The van der Waals surface area contributed by atoms with Gasteiger partial charge in [0, 0.05) is 29.7 Å². The molecule has 0 saturated carbocycles. The van der Waals surface area contributed by atoms with Crippen molar-refractivity contribution < 1.29 is 22.7 Å². The van der Waals surface area contributed by atoms with Crippen molar-refractivity contribution in [3.63, 3.8) is 0 Å². The van der Waals surface area contributed by atoms with Crippen LogP contribution < -0.4 is 0 Å². The van der Waals surface area contributed by atoms with E-state index in [1.807, 2.05) is 32.0 Å². The fourth-order valence-electron chi connectivity index (χ4n) is 3.40. The van der Waals surface area contributed by atoms with Crippen LogP contribution in [-0.2, 0) is 19.4 Å². The molecule has 0 aliphatic carbocycles. The number of hydrogen-bond acceptors (Lipinski definition) is 5. The normalized spacial score (nSPS) is 18.7. The molecule has 0 unspecified atom stereocenters. The zero-order valence-corrected chi connectivity index (χ0v) is 16.3. The lowest BCUT2D eigenvalue weighted by Crippen LogP contribution is -2.45. The summed E-state index contributed by atoms with van der Waals surface area (Å²) in [6.07, 6.45) is 1.99. The van der Waals surface area contributed by atoms with Crippen molar-refractivity contribution in [3.05, 3.63) is 36.0 Å². The first-order chi connectivity index (χ1) is 12.8. The van der Waals surface area contributed by atoms with Crippen LogP contribution in [0.25, 0.3) is 10.9 Å².